The van der Waals surface area contributed by atoms with E-state index in [1.54, 1.807) is 15.7 Å². The summed E-state index contributed by atoms with van der Waals surface area (Å²) in [5.41, 5.74) is 6.57. The van der Waals surface area contributed by atoms with E-state index in [9.17, 15) is 0 Å². The van der Waals surface area contributed by atoms with Gasteiger partial charge in [0.05, 0.1) is 6.20 Å². The minimum atomic E-state index is 0.316. The summed E-state index contributed by atoms with van der Waals surface area (Å²) < 4.78 is 3.51. The number of nitrogen functional groups attached to an aromatic ring is 1. The number of aromatic nitrogens is 5. The van der Waals surface area contributed by atoms with Crippen LogP contribution in [0.2, 0.25) is 0 Å². The van der Waals surface area contributed by atoms with Crippen molar-refractivity contribution in [3.05, 3.63) is 24.3 Å². The van der Waals surface area contributed by atoms with Gasteiger partial charge in [-0.1, -0.05) is 0 Å². The highest BCUT2D eigenvalue weighted by molar-refractivity contribution is 5.09. The lowest BCUT2D eigenvalue weighted by molar-refractivity contribution is 0.615. The molecule has 0 saturated heterocycles. The number of hydrogen-bond donors (Lipinski definition) is 1. The Morgan fingerprint density at radius 2 is 2.36 bits per heavy atom. The van der Waals surface area contributed by atoms with E-state index < -0.39 is 0 Å². The van der Waals surface area contributed by atoms with Crippen molar-refractivity contribution in [1.82, 2.24) is 24.5 Å². The van der Waals surface area contributed by atoms with E-state index in [-0.39, 0.29) is 0 Å². The summed E-state index contributed by atoms with van der Waals surface area (Å²) >= 11 is 0. The fraction of sp³-hybridized carbons (Fsp3) is 0.375. The molecule has 0 atom stereocenters. The second-order valence-corrected chi connectivity index (χ2v) is 3.14. The minimum Gasteiger partial charge on any atom is -0.367 e. The van der Waals surface area contributed by atoms with Crippen LogP contribution in [-0.4, -0.2) is 24.5 Å². The summed E-state index contributed by atoms with van der Waals surface area (Å²) in [5.74, 6) is 0.316. The lowest BCUT2D eigenvalue weighted by atomic mass is 10.2. The Kier molecular flexibility index (Phi) is 2.18. The number of nitrogens with zero attached hydrogens (tertiary/aromatic N) is 5. The Hall–Kier alpha value is -1.85. The van der Waals surface area contributed by atoms with E-state index in [1.165, 1.54) is 5.56 Å². The van der Waals surface area contributed by atoms with Crippen LogP contribution in [0.25, 0.3) is 0 Å². The molecule has 2 rings (SSSR count). The van der Waals surface area contributed by atoms with Crippen molar-refractivity contribution in [3.63, 3.8) is 0 Å². The Balaban J connectivity index is 1.94. The van der Waals surface area contributed by atoms with Crippen molar-refractivity contribution in [2.75, 3.05) is 5.73 Å². The van der Waals surface area contributed by atoms with Gasteiger partial charge in [0.15, 0.2) is 0 Å². The van der Waals surface area contributed by atoms with Gasteiger partial charge < -0.3 is 5.73 Å². The topological polar surface area (TPSA) is 74.5 Å². The molecule has 2 N–H and O–H groups in total. The van der Waals surface area contributed by atoms with Gasteiger partial charge in [-0.25, -0.2) is 4.98 Å². The van der Waals surface area contributed by atoms with E-state index in [1.807, 2.05) is 19.4 Å². The molecule has 6 nitrogen and oxygen atoms in total. The van der Waals surface area contributed by atoms with Gasteiger partial charge in [-0.3, -0.25) is 9.36 Å². The van der Waals surface area contributed by atoms with Gasteiger partial charge >= 0.3 is 0 Å². The Bertz CT molecular complexity index is 375. The molecule has 74 valence electrons. The third-order valence-electron chi connectivity index (χ3n) is 1.94. The van der Waals surface area contributed by atoms with Gasteiger partial charge in [0.25, 0.3) is 0 Å². The predicted molar refractivity (Wildman–Crippen MR) is 51.3 cm³/mol. The second kappa shape index (κ2) is 3.49. The third-order valence-corrected chi connectivity index (χ3v) is 1.94. The van der Waals surface area contributed by atoms with Crippen LogP contribution in [-0.2, 0) is 20.0 Å². The zero-order valence-electron chi connectivity index (χ0n) is 7.96. The number of rotatable bonds is 3. The van der Waals surface area contributed by atoms with Gasteiger partial charge in [-0.2, -0.15) is 5.10 Å². The molecule has 0 amide bonds. The first-order valence-electron chi connectivity index (χ1n) is 4.36. The molecule has 0 aliphatic rings. The fourth-order valence-corrected chi connectivity index (χ4v) is 1.26. The van der Waals surface area contributed by atoms with Crippen LogP contribution < -0.4 is 5.73 Å². The molecule has 6 heteroatoms. The molecule has 2 aromatic rings. The monoisotopic (exact) mass is 192 g/mol. The molecule has 0 saturated carbocycles. The van der Waals surface area contributed by atoms with Crippen LogP contribution in [0.3, 0.4) is 0 Å². The number of nitrogens with two attached hydrogens (primary N) is 1. The third kappa shape index (κ3) is 1.90. The van der Waals surface area contributed by atoms with Crippen LogP contribution >= 0.6 is 0 Å². The predicted octanol–water partition coefficient (Wildman–Crippen LogP) is -0.164. The van der Waals surface area contributed by atoms with Gasteiger partial charge in [0.1, 0.15) is 6.33 Å². The number of hydrogen-bond acceptors (Lipinski definition) is 4. The summed E-state index contributed by atoms with van der Waals surface area (Å²) in [7, 11) is 1.90. The van der Waals surface area contributed by atoms with E-state index in [2.05, 4.69) is 15.2 Å². The van der Waals surface area contributed by atoms with Crippen molar-refractivity contribution in [2.45, 2.75) is 13.0 Å². The molecule has 0 aliphatic carbocycles. The molecule has 0 aliphatic heterocycles. The minimum absolute atomic E-state index is 0.316. The fourth-order valence-electron chi connectivity index (χ4n) is 1.26. The smallest absolute Gasteiger partial charge is 0.239 e. The Labute approximate surface area is 81.4 Å². The average Bonchev–Trinajstić information content (AvgIpc) is 2.72. The summed E-state index contributed by atoms with van der Waals surface area (Å²) in [5, 5.41) is 8.07. The number of aryl methyl sites for hydroxylation is 3. The molecule has 14 heavy (non-hydrogen) atoms. The van der Waals surface area contributed by atoms with Gasteiger partial charge in [0, 0.05) is 19.8 Å². The first-order valence-corrected chi connectivity index (χ1v) is 4.36. The van der Waals surface area contributed by atoms with E-state index in [0.29, 0.717) is 5.95 Å². The molecule has 0 radical (unpaired) electrons. The number of anilines is 1. The van der Waals surface area contributed by atoms with E-state index in [0.717, 1.165) is 13.0 Å². The zero-order valence-corrected chi connectivity index (χ0v) is 7.96. The molecule has 0 unspecified atom stereocenters. The van der Waals surface area contributed by atoms with Crippen molar-refractivity contribution < 1.29 is 0 Å². The van der Waals surface area contributed by atoms with Crippen molar-refractivity contribution in [2.24, 2.45) is 7.05 Å². The summed E-state index contributed by atoms with van der Waals surface area (Å²) in [6.07, 6.45) is 6.35. The molecule has 2 aromatic heterocycles. The maximum Gasteiger partial charge on any atom is 0.239 e. The van der Waals surface area contributed by atoms with Gasteiger partial charge in [-0.05, 0) is 12.0 Å². The molecule has 2 heterocycles. The Morgan fingerprint density at radius 1 is 1.50 bits per heavy atom. The van der Waals surface area contributed by atoms with Crippen LogP contribution in [0.4, 0.5) is 5.95 Å². The van der Waals surface area contributed by atoms with Crippen LogP contribution in [0, 0.1) is 0 Å². The summed E-state index contributed by atoms with van der Waals surface area (Å²) in [4.78, 5) is 3.84. The lowest BCUT2D eigenvalue weighted by Gasteiger charge is -1.96. The SMILES string of the molecule is Cn1cc(CCn2cnc(N)n2)cn1. The maximum absolute atomic E-state index is 5.39. The van der Waals surface area contributed by atoms with Gasteiger partial charge in [0.2, 0.25) is 5.95 Å². The highest BCUT2D eigenvalue weighted by atomic mass is 15.4. The van der Waals surface area contributed by atoms with E-state index in [4.69, 9.17) is 5.73 Å². The molecular formula is C8H12N6. The lowest BCUT2D eigenvalue weighted by Crippen LogP contribution is -2.02. The van der Waals surface area contributed by atoms with E-state index >= 15 is 0 Å². The molecule has 0 bridgehead atoms. The van der Waals surface area contributed by atoms with Crippen LogP contribution in [0.5, 0.6) is 0 Å². The van der Waals surface area contributed by atoms with Crippen LogP contribution in [0.1, 0.15) is 5.56 Å². The average molecular weight is 192 g/mol. The summed E-state index contributed by atoms with van der Waals surface area (Å²) in [6.45, 7) is 0.774. The maximum atomic E-state index is 5.39. The molecular weight excluding hydrogens is 180 g/mol. The first kappa shape index (κ1) is 8.74. The highest BCUT2D eigenvalue weighted by Gasteiger charge is 1.98. The molecule has 0 spiro atoms. The standard InChI is InChI=1S/C8H12N6/c1-13-5-7(4-11-13)2-3-14-6-10-8(9)12-14/h4-6H,2-3H2,1H3,(H2,9,12). The quantitative estimate of drug-likeness (QED) is 0.733. The molecule has 0 aromatic carbocycles. The van der Waals surface area contributed by atoms with Gasteiger partial charge in [-0.15, -0.1) is 5.10 Å². The Morgan fingerprint density at radius 3 is 2.93 bits per heavy atom. The van der Waals surface area contributed by atoms with Crippen LogP contribution in [0.15, 0.2) is 18.7 Å². The highest BCUT2D eigenvalue weighted by Crippen LogP contribution is 1.99. The first-order chi connectivity index (χ1) is 6.74. The van der Waals surface area contributed by atoms with Crippen molar-refractivity contribution in [3.8, 4) is 0 Å². The summed E-state index contributed by atoms with van der Waals surface area (Å²) in [6, 6.07) is 0. The van der Waals surface area contributed by atoms with Crippen molar-refractivity contribution in [1.29, 1.82) is 0 Å². The second-order valence-electron chi connectivity index (χ2n) is 3.14. The largest absolute Gasteiger partial charge is 0.367 e. The van der Waals surface area contributed by atoms with Crippen molar-refractivity contribution >= 4 is 5.95 Å². The normalized spacial score (nSPS) is 10.6. The molecule has 0 fully saturated rings. The zero-order chi connectivity index (χ0) is 9.97.